The summed E-state index contributed by atoms with van der Waals surface area (Å²) in [5.74, 6) is 0.656. The molecule has 0 fully saturated rings. The van der Waals surface area contributed by atoms with Crippen molar-refractivity contribution >= 4 is 10.0 Å². The monoisotopic (exact) mass is 259 g/mol. The van der Waals surface area contributed by atoms with Crippen LogP contribution in [0.25, 0.3) is 0 Å². The lowest BCUT2D eigenvalue weighted by Gasteiger charge is -2.12. The van der Waals surface area contributed by atoms with Crippen LogP contribution in [0.5, 0.6) is 5.75 Å². The molecule has 6 heteroatoms. The van der Waals surface area contributed by atoms with Crippen molar-refractivity contribution in [1.82, 2.24) is 4.72 Å². The second kappa shape index (κ2) is 5.48. The molecule has 0 spiro atoms. The maximum absolute atomic E-state index is 11.9. The fourth-order valence-corrected chi connectivity index (χ4v) is 2.86. The topological polar surface area (TPSA) is 75.6 Å². The molecular formula is C11H17NO4S. The molecule has 17 heavy (non-hydrogen) atoms. The first-order valence-corrected chi connectivity index (χ1v) is 6.66. The van der Waals surface area contributed by atoms with Gasteiger partial charge >= 0.3 is 0 Å². The highest BCUT2D eigenvalue weighted by molar-refractivity contribution is 7.89. The smallest absolute Gasteiger partial charge is 0.240 e. The molecule has 0 aliphatic heterocycles. The van der Waals surface area contributed by atoms with Gasteiger partial charge < -0.3 is 9.84 Å². The van der Waals surface area contributed by atoms with Gasteiger partial charge in [-0.3, -0.25) is 0 Å². The van der Waals surface area contributed by atoms with Gasteiger partial charge in [-0.2, -0.15) is 0 Å². The SMILES string of the molecule is COc1cc(C)c(S(=O)(=O)NCCO)cc1C. The van der Waals surface area contributed by atoms with Crippen LogP contribution in [0.2, 0.25) is 0 Å². The summed E-state index contributed by atoms with van der Waals surface area (Å²) in [7, 11) is -2.02. The number of aliphatic hydroxyl groups is 1. The molecule has 0 radical (unpaired) electrons. The van der Waals surface area contributed by atoms with Gasteiger partial charge in [-0.15, -0.1) is 0 Å². The van der Waals surface area contributed by atoms with Crippen LogP contribution in [-0.2, 0) is 10.0 Å². The van der Waals surface area contributed by atoms with Gasteiger partial charge in [0.2, 0.25) is 10.0 Å². The van der Waals surface area contributed by atoms with Gasteiger partial charge in [0.15, 0.2) is 0 Å². The molecule has 0 atom stereocenters. The Balaban J connectivity index is 3.19. The predicted molar refractivity (Wildman–Crippen MR) is 64.7 cm³/mol. The van der Waals surface area contributed by atoms with Crippen LogP contribution in [0.15, 0.2) is 17.0 Å². The zero-order valence-electron chi connectivity index (χ0n) is 10.1. The van der Waals surface area contributed by atoms with Crippen LogP contribution in [0.3, 0.4) is 0 Å². The Hall–Kier alpha value is -1.11. The van der Waals surface area contributed by atoms with Crippen molar-refractivity contribution in [3.8, 4) is 5.75 Å². The fourth-order valence-electron chi connectivity index (χ4n) is 1.53. The summed E-state index contributed by atoms with van der Waals surface area (Å²) >= 11 is 0. The number of rotatable bonds is 5. The number of ether oxygens (including phenoxy) is 1. The Bertz CT molecular complexity index is 496. The molecule has 0 saturated heterocycles. The molecule has 1 aromatic carbocycles. The predicted octanol–water partition coefficient (Wildman–Crippen LogP) is 0.583. The maximum atomic E-state index is 11.9. The zero-order chi connectivity index (χ0) is 13.1. The van der Waals surface area contributed by atoms with Crippen molar-refractivity contribution in [1.29, 1.82) is 0 Å². The van der Waals surface area contributed by atoms with Crippen LogP contribution in [0, 0.1) is 13.8 Å². The zero-order valence-corrected chi connectivity index (χ0v) is 11.0. The van der Waals surface area contributed by atoms with Gasteiger partial charge in [0, 0.05) is 6.54 Å². The first-order valence-electron chi connectivity index (χ1n) is 5.18. The van der Waals surface area contributed by atoms with Crippen LogP contribution in [-0.4, -0.2) is 33.8 Å². The highest BCUT2D eigenvalue weighted by Crippen LogP contribution is 2.25. The minimum absolute atomic E-state index is 0.00680. The second-order valence-electron chi connectivity index (χ2n) is 3.71. The molecule has 0 saturated carbocycles. The average Bonchev–Trinajstić information content (AvgIpc) is 2.28. The molecule has 0 aliphatic carbocycles. The largest absolute Gasteiger partial charge is 0.496 e. The Morgan fingerprint density at radius 2 is 1.94 bits per heavy atom. The number of benzene rings is 1. The van der Waals surface area contributed by atoms with Crippen molar-refractivity contribution in [3.05, 3.63) is 23.3 Å². The Morgan fingerprint density at radius 3 is 2.47 bits per heavy atom. The molecule has 0 aliphatic rings. The number of sulfonamides is 1. The van der Waals surface area contributed by atoms with E-state index in [4.69, 9.17) is 9.84 Å². The van der Waals surface area contributed by atoms with E-state index in [1.54, 1.807) is 33.1 Å². The van der Waals surface area contributed by atoms with E-state index in [2.05, 4.69) is 4.72 Å². The average molecular weight is 259 g/mol. The van der Waals surface area contributed by atoms with Crippen molar-refractivity contribution in [2.75, 3.05) is 20.3 Å². The molecule has 0 amide bonds. The van der Waals surface area contributed by atoms with Crippen LogP contribution in [0.4, 0.5) is 0 Å². The lowest BCUT2D eigenvalue weighted by molar-refractivity contribution is 0.301. The summed E-state index contributed by atoms with van der Waals surface area (Å²) in [6.45, 7) is 3.26. The first-order chi connectivity index (χ1) is 7.92. The summed E-state index contributed by atoms with van der Waals surface area (Å²) in [5, 5.41) is 8.64. The number of hydrogen-bond acceptors (Lipinski definition) is 4. The van der Waals surface area contributed by atoms with Gasteiger partial charge in [-0.1, -0.05) is 0 Å². The van der Waals surface area contributed by atoms with Gasteiger partial charge in [0.25, 0.3) is 0 Å². The van der Waals surface area contributed by atoms with Crippen molar-refractivity contribution < 1.29 is 18.3 Å². The lowest BCUT2D eigenvalue weighted by atomic mass is 10.1. The molecule has 0 heterocycles. The third-order valence-electron chi connectivity index (χ3n) is 2.39. The number of methoxy groups -OCH3 is 1. The molecular weight excluding hydrogens is 242 g/mol. The van der Waals surface area contributed by atoms with E-state index in [9.17, 15) is 8.42 Å². The minimum Gasteiger partial charge on any atom is -0.496 e. The molecule has 2 N–H and O–H groups in total. The quantitative estimate of drug-likeness (QED) is 0.811. The summed E-state index contributed by atoms with van der Waals surface area (Å²) in [4.78, 5) is 0.212. The lowest BCUT2D eigenvalue weighted by Crippen LogP contribution is -2.27. The highest BCUT2D eigenvalue weighted by atomic mass is 32.2. The molecule has 1 aromatic rings. The van der Waals surface area contributed by atoms with Crippen molar-refractivity contribution in [2.45, 2.75) is 18.7 Å². The van der Waals surface area contributed by atoms with E-state index in [0.29, 0.717) is 11.3 Å². The third-order valence-corrected chi connectivity index (χ3v) is 3.99. The van der Waals surface area contributed by atoms with E-state index in [1.165, 1.54) is 0 Å². The summed E-state index contributed by atoms with van der Waals surface area (Å²) < 4.78 is 31.2. The Morgan fingerprint density at radius 1 is 1.29 bits per heavy atom. The summed E-state index contributed by atoms with van der Waals surface area (Å²) in [6, 6.07) is 3.25. The van der Waals surface area contributed by atoms with Crippen LogP contribution in [0.1, 0.15) is 11.1 Å². The molecule has 1 rings (SSSR count). The third kappa shape index (κ3) is 3.18. The molecule has 5 nitrogen and oxygen atoms in total. The van der Waals surface area contributed by atoms with Crippen LogP contribution < -0.4 is 9.46 Å². The standard InChI is InChI=1S/C11H17NO4S/c1-8-7-11(9(2)6-10(8)16-3)17(14,15)12-4-5-13/h6-7,12-13H,4-5H2,1-3H3. The summed E-state index contributed by atoms with van der Waals surface area (Å²) in [6.07, 6.45) is 0. The van der Waals surface area contributed by atoms with Gasteiger partial charge in [-0.05, 0) is 37.1 Å². The fraction of sp³-hybridized carbons (Fsp3) is 0.455. The van der Waals surface area contributed by atoms with Crippen molar-refractivity contribution in [3.63, 3.8) is 0 Å². The van der Waals surface area contributed by atoms with E-state index >= 15 is 0 Å². The van der Waals surface area contributed by atoms with Crippen molar-refractivity contribution in [2.24, 2.45) is 0 Å². The van der Waals surface area contributed by atoms with E-state index in [-0.39, 0.29) is 18.0 Å². The Kier molecular flexibility index (Phi) is 4.50. The number of aryl methyl sites for hydroxylation is 2. The number of aliphatic hydroxyl groups excluding tert-OH is 1. The molecule has 0 bridgehead atoms. The highest BCUT2D eigenvalue weighted by Gasteiger charge is 2.17. The molecule has 0 aromatic heterocycles. The number of nitrogens with one attached hydrogen (secondary N) is 1. The normalized spacial score (nSPS) is 11.5. The maximum Gasteiger partial charge on any atom is 0.240 e. The van der Waals surface area contributed by atoms with E-state index < -0.39 is 10.0 Å². The number of hydrogen-bond donors (Lipinski definition) is 2. The van der Waals surface area contributed by atoms with Gasteiger partial charge in [0.1, 0.15) is 5.75 Å². The van der Waals surface area contributed by atoms with Gasteiger partial charge in [0.05, 0.1) is 18.6 Å². The molecule has 96 valence electrons. The first kappa shape index (κ1) is 14.0. The van der Waals surface area contributed by atoms with E-state index in [0.717, 1.165) is 5.56 Å². The van der Waals surface area contributed by atoms with E-state index in [1.807, 2.05) is 0 Å². The van der Waals surface area contributed by atoms with Crippen LogP contribution >= 0.6 is 0 Å². The Labute approximate surface area is 101 Å². The summed E-state index contributed by atoms with van der Waals surface area (Å²) in [5.41, 5.74) is 1.36. The molecule has 0 unspecified atom stereocenters. The second-order valence-corrected chi connectivity index (χ2v) is 5.44. The minimum atomic E-state index is -3.57. The van der Waals surface area contributed by atoms with Gasteiger partial charge in [-0.25, -0.2) is 13.1 Å².